The number of nitrogens with zero attached hydrogens (tertiary/aromatic N) is 1. The number of hydrogen-bond acceptors (Lipinski definition) is 5. The van der Waals surface area contributed by atoms with E-state index < -0.39 is 11.6 Å². The molecule has 28 heavy (non-hydrogen) atoms. The van der Waals surface area contributed by atoms with Gasteiger partial charge in [-0.25, -0.2) is 0 Å². The molecule has 7 heteroatoms. The van der Waals surface area contributed by atoms with Crippen LogP contribution in [0.1, 0.15) is 38.2 Å². The van der Waals surface area contributed by atoms with Gasteiger partial charge >= 0.3 is 0 Å². The van der Waals surface area contributed by atoms with E-state index in [1.165, 1.54) is 0 Å². The van der Waals surface area contributed by atoms with Gasteiger partial charge in [0.2, 0.25) is 5.91 Å². The van der Waals surface area contributed by atoms with Crippen LogP contribution in [0.3, 0.4) is 0 Å². The number of nitrogens with one attached hydrogen (secondary N) is 1. The van der Waals surface area contributed by atoms with Crippen LogP contribution in [-0.2, 0) is 16.0 Å². The molecule has 2 atom stereocenters. The van der Waals surface area contributed by atoms with E-state index in [0.29, 0.717) is 43.9 Å². The number of aliphatic hydroxyl groups excluding tert-OH is 1. The predicted octanol–water partition coefficient (Wildman–Crippen LogP) is 1.27. The van der Waals surface area contributed by atoms with E-state index in [1.807, 2.05) is 30.0 Å². The van der Waals surface area contributed by atoms with Gasteiger partial charge in [-0.2, -0.15) is 0 Å². The Labute approximate surface area is 165 Å². The number of benzene rings is 1. The third-order valence-corrected chi connectivity index (χ3v) is 6.36. The number of methoxy groups -OCH3 is 1. The Morgan fingerprint density at radius 3 is 2.89 bits per heavy atom. The number of para-hydroxylation sites is 1. The number of amides is 2. The summed E-state index contributed by atoms with van der Waals surface area (Å²) in [5.74, 6) is 1.13. The number of carbonyl (C=O) groups is 2. The van der Waals surface area contributed by atoms with Crippen LogP contribution in [0.2, 0.25) is 0 Å². The van der Waals surface area contributed by atoms with Crippen molar-refractivity contribution < 1.29 is 24.2 Å². The highest BCUT2D eigenvalue weighted by Gasteiger charge is 2.45. The second-order valence-corrected chi connectivity index (χ2v) is 8.39. The fourth-order valence-electron chi connectivity index (χ4n) is 4.52. The topological polar surface area (TPSA) is 88.1 Å². The van der Waals surface area contributed by atoms with Crippen LogP contribution in [0.5, 0.6) is 11.5 Å². The molecule has 3 aliphatic rings. The zero-order valence-electron chi connectivity index (χ0n) is 16.4. The molecule has 152 valence electrons. The molecule has 1 aromatic rings. The summed E-state index contributed by atoms with van der Waals surface area (Å²) >= 11 is 0. The van der Waals surface area contributed by atoms with Crippen LogP contribution in [0, 0.1) is 5.92 Å². The van der Waals surface area contributed by atoms with Crippen LogP contribution in [0.4, 0.5) is 0 Å². The quantitative estimate of drug-likeness (QED) is 0.793. The summed E-state index contributed by atoms with van der Waals surface area (Å²) < 4.78 is 11.3. The van der Waals surface area contributed by atoms with Crippen molar-refractivity contribution in [3.05, 3.63) is 23.8 Å². The van der Waals surface area contributed by atoms with E-state index in [2.05, 4.69) is 5.32 Å². The van der Waals surface area contributed by atoms with Gasteiger partial charge < -0.3 is 24.8 Å². The van der Waals surface area contributed by atoms with Gasteiger partial charge in [0.25, 0.3) is 5.91 Å². The molecule has 2 N–H and O–H groups in total. The number of ether oxygens (including phenoxy) is 2. The maximum Gasteiger partial charge on any atom is 0.264 e. The molecule has 0 aromatic heterocycles. The van der Waals surface area contributed by atoms with Gasteiger partial charge in [-0.05, 0) is 38.7 Å². The molecule has 2 fully saturated rings. The molecule has 2 heterocycles. The van der Waals surface area contributed by atoms with Crippen molar-refractivity contribution in [1.82, 2.24) is 10.2 Å². The molecular weight excluding hydrogens is 360 g/mol. The van der Waals surface area contributed by atoms with Crippen LogP contribution in [-0.4, -0.2) is 59.8 Å². The van der Waals surface area contributed by atoms with Crippen LogP contribution in [0.15, 0.2) is 18.2 Å². The van der Waals surface area contributed by atoms with Gasteiger partial charge in [0.15, 0.2) is 17.6 Å². The van der Waals surface area contributed by atoms with E-state index in [-0.39, 0.29) is 23.8 Å². The summed E-state index contributed by atoms with van der Waals surface area (Å²) in [5.41, 5.74) is 0.563. The lowest BCUT2D eigenvalue weighted by molar-refractivity contribution is -0.142. The molecule has 2 amide bonds. The first-order valence-corrected chi connectivity index (χ1v) is 10.0. The molecule has 0 radical (unpaired) electrons. The lowest BCUT2D eigenvalue weighted by atomic mass is 9.81. The summed E-state index contributed by atoms with van der Waals surface area (Å²) in [6.07, 6.45) is 2.43. The van der Waals surface area contributed by atoms with Crippen molar-refractivity contribution in [3.63, 3.8) is 0 Å². The van der Waals surface area contributed by atoms with Gasteiger partial charge in [-0.3, -0.25) is 9.59 Å². The Bertz CT molecular complexity index is 776. The third kappa shape index (κ3) is 3.32. The number of hydrogen-bond donors (Lipinski definition) is 2. The molecule has 1 aromatic carbocycles. The molecule has 1 unspecified atom stereocenters. The second-order valence-electron chi connectivity index (χ2n) is 8.39. The van der Waals surface area contributed by atoms with Gasteiger partial charge in [0.05, 0.1) is 18.8 Å². The van der Waals surface area contributed by atoms with Crippen molar-refractivity contribution in [3.8, 4) is 11.5 Å². The van der Waals surface area contributed by atoms with E-state index in [0.717, 1.165) is 18.4 Å². The summed E-state index contributed by atoms with van der Waals surface area (Å²) in [7, 11) is 1.59. The van der Waals surface area contributed by atoms with Crippen LogP contribution in [0.25, 0.3) is 0 Å². The highest BCUT2D eigenvalue weighted by atomic mass is 16.5. The smallest absolute Gasteiger partial charge is 0.264 e. The Kier molecular flexibility index (Phi) is 4.95. The van der Waals surface area contributed by atoms with Gasteiger partial charge in [-0.15, -0.1) is 0 Å². The molecule has 2 aliphatic heterocycles. The van der Waals surface area contributed by atoms with Gasteiger partial charge in [0.1, 0.15) is 0 Å². The van der Waals surface area contributed by atoms with Crippen molar-refractivity contribution in [2.75, 3.05) is 20.2 Å². The summed E-state index contributed by atoms with van der Waals surface area (Å²) in [6, 6.07) is 5.70. The number of carbonyl (C=O) groups excluding carboxylic acids is 2. The fourth-order valence-corrected chi connectivity index (χ4v) is 4.52. The molecule has 4 rings (SSSR count). The van der Waals surface area contributed by atoms with Crippen LogP contribution < -0.4 is 14.8 Å². The van der Waals surface area contributed by atoms with E-state index in [1.54, 1.807) is 7.11 Å². The van der Waals surface area contributed by atoms with E-state index in [9.17, 15) is 14.7 Å². The van der Waals surface area contributed by atoms with E-state index >= 15 is 0 Å². The lowest BCUT2D eigenvalue weighted by Gasteiger charge is -2.38. The molecule has 1 aliphatic carbocycles. The third-order valence-electron chi connectivity index (χ3n) is 6.36. The Morgan fingerprint density at radius 2 is 2.18 bits per heavy atom. The lowest BCUT2D eigenvalue weighted by Crippen LogP contribution is -2.56. The first kappa shape index (κ1) is 19.1. The van der Waals surface area contributed by atoms with Crippen molar-refractivity contribution in [1.29, 1.82) is 0 Å². The average molecular weight is 388 g/mol. The normalized spacial score (nSPS) is 31.0. The minimum atomic E-state index is -0.554. The van der Waals surface area contributed by atoms with Gasteiger partial charge in [0, 0.05) is 31.0 Å². The maximum atomic E-state index is 13.2. The second kappa shape index (κ2) is 7.28. The summed E-state index contributed by atoms with van der Waals surface area (Å²) in [6.45, 7) is 3.12. The Hall–Kier alpha value is -2.28. The van der Waals surface area contributed by atoms with Crippen LogP contribution >= 0.6 is 0 Å². The standard InChI is InChI=1S/C21H28N2O5/c1-21(12-22-19(25)14-9-15(24)10-14)7-4-8-23(21)20(26)17-11-13-5-3-6-16(27-2)18(13)28-17/h3,5-6,14-15,17,24H,4,7-12H2,1-2H3,(H,22,25)/t14?,15?,17?,21-/m0/s1. The first-order chi connectivity index (χ1) is 13.4. The molecule has 0 bridgehead atoms. The van der Waals surface area contributed by atoms with Crippen molar-refractivity contribution in [2.45, 2.75) is 56.8 Å². The molecular formula is C21H28N2O5. The van der Waals surface area contributed by atoms with Crippen molar-refractivity contribution in [2.24, 2.45) is 5.92 Å². The monoisotopic (exact) mass is 388 g/mol. The highest BCUT2D eigenvalue weighted by Crippen LogP contribution is 2.39. The Balaban J connectivity index is 1.40. The zero-order valence-corrected chi connectivity index (χ0v) is 16.4. The minimum Gasteiger partial charge on any atom is -0.493 e. The Morgan fingerprint density at radius 1 is 1.39 bits per heavy atom. The highest BCUT2D eigenvalue weighted by molar-refractivity contribution is 5.84. The molecule has 1 saturated carbocycles. The number of fused-ring (bicyclic) bond motifs is 1. The van der Waals surface area contributed by atoms with Gasteiger partial charge in [-0.1, -0.05) is 12.1 Å². The van der Waals surface area contributed by atoms with Crippen molar-refractivity contribution >= 4 is 11.8 Å². The number of rotatable bonds is 5. The molecule has 7 nitrogen and oxygen atoms in total. The number of aliphatic hydroxyl groups is 1. The predicted molar refractivity (Wildman–Crippen MR) is 102 cm³/mol. The first-order valence-electron chi connectivity index (χ1n) is 10.0. The summed E-state index contributed by atoms with van der Waals surface area (Å²) in [4.78, 5) is 27.4. The SMILES string of the molecule is COc1cccc2c1OC(C(=O)N1CCC[C@@]1(C)CNC(=O)C1CC(O)C1)C2. The molecule has 1 saturated heterocycles. The number of likely N-dealkylation sites (tertiary alicyclic amines) is 1. The largest absolute Gasteiger partial charge is 0.493 e. The average Bonchev–Trinajstić information content (AvgIpc) is 3.27. The molecule has 0 spiro atoms. The maximum absolute atomic E-state index is 13.2. The fraction of sp³-hybridized carbons (Fsp3) is 0.619. The summed E-state index contributed by atoms with van der Waals surface area (Å²) in [5, 5.41) is 12.4. The van der Waals surface area contributed by atoms with E-state index in [4.69, 9.17) is 9.47 Å². The zero-order chi connectivity index (χ0) is 19.9. The minimum absolute atomic E-state index is 0.0277.